The van der Waals surface area contributed by atoms with Gasteiger partial charge in [-0.15, -0.1) is 11.8 Å². The molecule has 1 aromatic carbocycles. The minimum atomic E-state index is -0.804. The number of rotatable bonds is 6. The third-order valence-corrected chi connectivity index (χ3v) is 5.27. The fraction of sp³-hybridized carbons (Fsp3) is 0.588. The topological polar surface area (TPSA) is 64.5 Å². The molecule has 1 aliphatic carbocycles. The van der Waals surface area contributed by atoms with Crippen molar-refractivity contribution in [1.29, 1.82) is 0 Å². The van der Waals surface area contributed by atoms with E-state index < -0.39 is 12.1 Å². The molecule has 23 heavy (non-hydrogen) atoms. The largest absolute Gasteiger partial charge is 0.394 e. The molecule has 4 nitrogen and oxygen atoms in total. The van der Waals surface area contributed by atoms with Gasteiger partial charge in [0.05, 0.1) is 12.6 Å². The zero-order chi connectivity index (χ0) is 16.7. The highest BCUT2D eigenvalue weighted by Gasteiger charge is 2.22. The monoisotopic (exact) mass is 354 g/mol. The van der Waals surface area contributed by atoms with Gasteiger partial charge in [0.2, 0.25) is 0 Å². The fourth-order valence-corrected chi connectivity index (χ4v) is 3.63. The van der Waals surface area contributed by atoms with Crippen LogP contribution < -0.4 is 10.6 Å². The standard InChI is InChI=1S/C17H26N2O2S2/c1-23-14-9-7-12(8-10-14)16(21)15(11-20)19-17(22)18-13-5-3-2-4-6-13/h7-10,13,15-16,20-21H,2-6,11H2,1H3,(H2,18,19,22). The van der Waals surface area contributed by atoms with Crippen LogP contribution in [0.25, 0.3) is 0 Å². The van der Waals surface area contributed by atoms with Gasteiger partial charge in [0.15, 0.2) is 5.11 Å². The highest BCUT2D eigenvalue weighted by atomic mass is 32.2. The Bertz CT molecular complexity index is 490. The Morgan fingerprint density at radius 2 is 1.91 bits per heavy atom. The lowest BCUT2D eigenvalue weighted by molar-refractivity contribution is 0.0994. The van der Waals surface area contributed by atoms with E-state index in [1.54, 1.807) is 11.8 Å². The third kappa shape index (κ3) is 5.64. The molecule has 1 saturated carbocycles. The maximum atomic E-state index is 10.5. The first-order chi connectivity index (χ1) is 11.1. The molecule has 0 bridgehead atoms. The molecule has 4 N–H and O–H groups in total. The molecule has 6 heteroatoms. The molecule has 1 fully saturated rings. The number of hydrogen-bond donors (Lipinski definition) is 4. The van der Waals surface area contributed by atoms with E-state index in [0.717, 1.165) is 23.3 Å². The van der Waals surface area contributed by atoms with Gasteiger partial charge in [-0.1, -0.05) is 31.4 Å². The molecular formula is C17H26N2O2S2. The zero-order valence-corrected chi connectivity index (χ0v) is 15.1. The molecule has 0 aromatic heterocycles. The van der Waals surface area contributed by atoms with Crippen LogP contribution in [0.2, 0.25) is 0 Å². The van der Waals surface area contributed by atoms with Gasteiger partial charge < -0.3 is 20.8 Å². The molecule has 0 aliphatic heterocycles. The van der Waals surface area contributed by atoms with Gasteiger partial charge in [-0.3, -0.25) is 0 Å². The van der Waals surface area contributed by atoms with Gasteiger partial charge >= 0.3 is 0 Å². The van der Waals surface area contributed by atoms with Gasteiger partial charge in [-0.2, -0.15) is 0 Å². The summed E-state index contributed by atoms with van der Waals surface area (Å²) in [6.45, 7) is -0.183. The van der Waals surface area contributed by atoms with Crippen molar-refractivity contribution in [2.45, 2.75) is 55.2 Å². The average molecular weight is 355 g/mol. The predicted molar refractivity (Wildman–Crippen MR) is 99.8 cm³/mol. The lowest BCUT2D eigenvalue weighted by atomic mass is 9.96. The smallest absolute Gasteiger partial charge is 0.166 e. The van der Waals surface area contributed by atoms with Gasteiger partial charge in [0, 0.05) is 10.9 Å². The lowest BCUT2D eigenvalue weighted by Gasteiger charge is -2.28. The summed E-state index contributed by atoms with van der Waals surface area (Å²) in [7, 11) is 0. The highest BCUT2D eigenvalue weighted by molar-refractivity contribution is 7.98. The second kappa shape index (κ2) is 9.47. The molecule has 0 heterocycles. The Hall–Kier alpha value is -0.820. The van der Waals surface area contributed by atoms with E-state index in [0.29, 0.717) is 11.2 Å². The number of thioether (sulfide) groups is 1. The van der Waals surface area contributed by atoms with Crippen molar-refractivity contribution in [3.63, 3.8) is 0 Å². The van der Waals surface area contributed by atoms with Crippen molar-refractivity contribution >= 4 is 29.1 Å². The average Bonchev–Trinajstić information content (AvgIpc) is 2.60. The predicted octanol–water partition coefficient (Wildman–Crippen LogP) is 2.60. The van der Waals surface area contributed by atoms with Crippen LogP contribution >= 0.6 is 24.0 Å². The van der Waals surface area contributed by atoms with Crippen LogP contribution in [0.5, 0.6) is 0 Å². The summed E-state index contributed by atoms with van der Waals surface area (Å²) in [6.07, 6.45) is 7.22. The van der Waals surface area contributed by atoms with E-state index in [9.17, 15) is 10.2 Å². The Morgan fingerprint density at radius 3 is 2.48 bits per heavy atom. The minimum Gasteiger partial charge on any atom is -0.394 e. The van der Waals surface area contributed by atoms with Gasteiger partial charge in [-0.25, -0.2) is 0 Å². The van der Waals surface area contributed by atoms with Crippen molar-refractivity contribution < 1.29 is 10.2 Å². The maximum absolute atomic E-state index is 10.5. The van der Waals surface area contributed by atoms with Crippen LogP contribution in [0.1, 0.15) is 43.8 Å². The highest BCUT2D eigenvalue weighted by Crippen LogP contribution is 2.21. The molecule has 0 amide bonds. The first-order valence-electron chi connectivity index (χ1n) is 8.14. The van der Waals surface area contributed by atoms with Crippen molar-refractivity contribution in [3.8, 4) is 0 Å². The summed E-state index contributed by atoms with van der Waals surface area (Å²) in [5.74, 6) is 0. The summed E-state index contributed by atoms with van der Waals surface area (Å²) in [6, 6.07) is 7.60. The maximum Gasteiger partial charge on any atom is 0.166 e. The van der Waals surface area contributed by atoms with Crippen LogP contribution in [-0.4, -0.2) is 40.3 Å². The van der Waals surface area contributed by atoms with Gasteiger partial charge in [0.1, 0.15) is 6.10 Å². The number of aliphatic hydroxyl groups excluding tert-OH is 2. The van der Waals surface area contributed by atoms with E-state index in [1.165, 1.54) is 19.3 Å². The Balaban J connectivity index is 1.90. The summed E-state index contributed by atoms with van der Waals surface area (Å²) in [5.41, 5.74) is 0.773. The molecule has 0 radical (unpaired) electrons. The van der Waals surface area contributed by atoms with Crippen molar-refractivity contribution in [2.75, 3.05) is 12.9 Å². The Morgan fingerprint density at radius 1 is 1.26 bits per heavy atom. The third-order valence-electron chi connectivity index (χ3n) is 4.29. The number of aliphatic hydroxyl groups is 2. The molecule has 1 aromatic rings. The van der Waals surface area contributed by atoms with Gasteiger partial charge in [0.25, 0.3) is 0 Å². The first-order valence-corrected chi connectivity index (χ1v) is 9.77. The van der Waals surface area contributed by atoms with E-state index in [1.807, 2.05) is 30.5 Å². The Labute approximate surface area is 148 Å². The summed E-state index contributed by atoms with van der Waals surface area (Å²) in [5, 5.41) is 27.0. The van der Waals surface area contributed by atoms with Crippen molar-refractivity contribution in [3.05, 3.63) is 29.8 Å². The Kier molecular flexibility index (Phi) is 7.62. The fourth-order valence-electron chi connectivity index (χ4n) is 2.90. The van der Waals surface area contributed by atoms with Crippen LogP contribution in [0.4, 0.5) is 0 Å². The second-order valence-electron chi connectivity index (χ2n) is 5.96. The molecule has 2 rings (SSSR count). The summed E-state index contributed by atoms with van der Waals surface area (Å²) >= 11 is 6.99. The van der Waals surface area contributed by atoms with Gasteiger partial charge in [-0.05, 0) is 49.0 Å². The molecular weight excluding hydrogens is 328 g/mol. The second-order valence-corrected chi connectivity index (χ2v) is 7.25. The quantitative estimate of drug-likeness (QED) is 0.465. The molecule has 0 saturated heterocycles. The number of hydrogen-bond acceptors (Lipinski definition) is 4. The SMILES string of the molecule is CSc1ccc(C(O)C(CO)NC(=S)NC2CCCCC2)cc1. The van der Waals surface area contributed by atoms with Crippen molar-refractivity contribution in [2.24, 2.45) is 0 Å². The van der Waals surface area contributed by atoms with E-state index in [-0.39, 0.29) is 6.61 Å². The van der Waals surface area contributed by atoms with E-state index >= 15 is 0 Å². The van der Waals surface area contributed by atoms with E-state index in [4.69, 9.17) is 12.2 Å². The van der Waals surface area contributed by atoms with Crippen molar-refractivity contribution in [1.82, 2.24) is 10.6 Å². The minimum absolute atomic E-state index is 0.183. The zero-order valence-electron chi connectivity index (χ0n) is 13.5. The van der Waals surface area contributed by atoms with Crippen LogP contribution in [0, 0.1) is 0 Å². The normalized spacial score (nSPS) is 18.2. The van der Waals surface area contributed by atoms with Crippen LogP contribution in [0.15, 0.2) is 29.2 Å². The molecule has 1 aliphatic rings. The molecule has 2 unspecified atom stereocenters. The number of benzene rings is 1. The number of thiocarbonyl (C=S) groups is 1. The molecule has 128 valence electrons. The van der Waals surface area contributed by atoms with Crippen LogP contribution in [0.3, 0.4) is 0 Å². The first kappa shape index (κ1) is 18.5. The molecule has 0 spiro atoms. The summed E-state index contributed by atoms with van der Waals surface area (Å²) in [4.78, 5) is 1.14. The van der Waals surface area contributed by atoms with E-state index in [2.05, 4.69) is 10.6 Å². The summed E-state index contributed by atoms with van der Waals surface area (Å²) < 4.78 is 0. The number of nitrogens with one attached hydrogen (secondary N) is 2. The lowest BCUT2D eigenvalue weighted by Crippen LogP contribution is -2.49. The molecule has 2 atom stereocenters. The van der Waals surface area contributed by atoms with Crippen LogP contribution in [-0.2, 0) is 0 Å².